The average molecular weight is 204 g/mol. The van der Waals surface area contributed by atoms with Crippen LogP contribution < -0.4 is 0 Å². The summed E-state index contributed by atoms with van der Waals surface area (Å²) in [4.78, 5) is 0. The summed E-state index contributed by atoms with van der Waals surface area (Å²) >= 11 is 0. The molecule has 2 nitrogen and oxygen atoms in total. The third-order valence-electron chi connectivity index (χ3n) is 2.15. The molecule has 1 aromatic carbocycles. The lowest BCUT2D eigenvalue weighted by Crippen LogP contribution is -2.20. The number of aliphatic hydroxyl groups is 1. The summed E-state index contributed by atoms with van der Waals surface area (Å²) in [6, 6.07) is 9.63. The minimum atomic E-state index is -0.641. The van der Waals surface area contributed by atoms with E-state index in [-0.39, 0.29) is 6.10 Å². The van der Waals surface area contributed by atoms with Crippen LogP contribution in [0.1, 0.15) is 25.0 Å². The van der Waals surface area contributed by atoms with E-state index >= 15 is 0 Å². The van der Waals surface area contributed by atoms with E-state index in [2.05, 4.69) is 5.92 Å². The second-order valence-corrected chi connectivity index (χ2v) is 3.26. The van der Waals surface area contributed by atoms with Gasteiger partial charge in [-0.1, -0.05) is 30.3 Å². The minimum Gasteiger partial charge on any atom is -0.389 e. The average Bonchev–Trinajstić information content (AvgIpc) is 2.27. The van der Waals surface area contributed by atoms with Gasteiger partial charge in [0.1, 0.15) is 6.10 Å². The van der Waals surface area contributed by atoms with Crippen LogP contribution in [0.5, 0.6) is 0 Å². The number of rotatable bonds is 5. The Kier molecular flexibility index (Phi) is 4.89. The standard InChI is InChI=1S/C13H16O2/c1-3-8-12(14)13(15-4-2)11-9-6-5-7-10-11/h1,5-7,9-10,12-14H,4,8H2,2H3. The lowest BCUT2D eigenvalue weighted by Gasteiger charge is -2.21. The van der Waals surface area contributed by atoms with Crippen LogP contribution in [0.15, 0.2) is 30.3 Å². The van der Waals surface area contributed by atoms with Gasteiger partial charge in [-0.3, -0.25) is 0 Å². The SMILES string of the molecule is C#CCC(O)C(OCC)c1ccccc1. The molecule has 0 bridgehead atoms. The molecule has 0 aliphatic rings. The van der Waals surface area contributed by atoms with E-state index in [1.165, 1.54) is 0 Å². The van der Waals surface area contributed by atoms with Crippen molar-refractivity contribution in [3.8, 4) is 12.3 Å². The molecule has 0 spiro atoms. The molecule has 0 saturated carbocycles. The first kappa shape index (κ1) is 11.8. The number of ether oxygens (including phenoxy) is 1. The third kappa shape index (κ3) is 3.39. The molecule has 0 aliphatic carbocycles. The Labute approximate surface area is 90.9 Å². The highest BCUT2D eigenvalue weighted by atomic mass is 16.5. The molecule has 1 rings (SSSR count). The fourth-order valence-corrected chi connectivity index (χ4v) is 1.48. The summed E-state index contributed by atoms with van der Waals surface area (Å²) in [6.07, 6.45) is 4.51. The molecule has 2 unspecified atom stereocenters. The van der Waals surface area contributed by atoms with Crippen molar-refractivity contribution in [3.63, 3.8) is 0 Å². The predicted molar refractivity (Wildman–Crippen MR) is 60.3 cm³/mol. The lowest BCUT2D eigenvalue weighted by atomic mass is 10.0. The molecule has 0 aromatic heterocycles. The second kappa shape index (κ2) is 6.23. The van der Waals surface area contributed by atoms with Gasteiger partial charge in [-0.15, -0.1) is 12.3 Å². The summed E-state index contributed by atoms with van der Waals surface area (Å²) in [7, 11) is 0. The fraction of sp³-hybridized carbons (Fsp3) is 0.385. The molecule has 15 heavy (non-hydrogen) atoms. The van der Waals surface area contributed by atoms with Crippen molar-refractivity contribution in [1.29, 1.82) is 0 Å². The van der Waals surface area contributed by atoms with Crippen LogP contribution in [-0.2, 0) is 4.74 Å². The van der Waals surface area contributed by atoms with E-state index in [1.807, 2.05) is 37.3 Å². The highest BCUT2D eigenvalue weighted by molar-refractivity contribution is 5.19. The molecule has 2 heteroatoms. The molecule has 1 aromatic rings. The summed E-state index contributed by atoms with van der Waals surface area (Å²) < 4.78 is 5.50. The molecule has 80 valence electrons. The maximum absolute atomic E-state index is 9.83. The monoisotopic (exact) mass is 204 g/mol. The molecule has 1 N–H and O–H groups in total. The molecule has 0 radical (unpaired) electrons. The number of aliphatic hydroxyl groups excluding tert-OH is 1. The lowest BCUT2D eigenvalue weighted by molar-refractivity contribution is -0.0319. The van der Waals surface area contributed by atoms with Crippen LogP contribution in [0, 0.1) is 12.3 Å². The van der Waals surface area contributed by atoms with Gasteiger partial charge in [0.05, 0.1) is 6.10 Å². The highest BCUT2D eigenvalue weighted by Crippen LogP contribution is 2.22. The first-order chi connectivity index (χ1) is 7.29. The molecule has 0 heterocycles. The van der Waals surface area contributed by atoms with Crippen LogP contribution in [0.3, 0.4) is 0 Å². The van der Waals surface area contributed by atoms with Crippen LogP contribution in [0.2, 0.25) is 0 Å². The molecule has 0 fully saturated rings. The smallest absolute Gasteiger partial charge is 0.109 e. The van der Waals surface area contributed by atoms with Crippen LogP contribution in [0.4, 0.5) is 0 Å². The van der Waals surface area contributed by atoms with E-state index in [1.54, 1.807) is 0 Å². The largest absolute Gasteiger partial charge is 0.389 e. The van der Waals surface area contributed by atoms with Crippen molar-refractivity contribution in [1.82, 2.24) is 0 Å². The molecule has 0 saturated heterocycles. The Morgan fingerprint density at radius 1 is 1.40 bits per heavy atom. The highest BCUT2D eigenvalue weighted by Gasteiger charge is 2.20. The number of hydrogen-bond acceptors (Lipinski definition) is 2. The van der Waals surface area contributed by atoms with Gasteiger partial charge in [-0.2, -0.15) is 0 Å². The molecular formula is C13H16O2. The van der Waals surface area contributed by atoms with Crippen molar-refractivity contribution in [2.75, 3.05) is 6.61 Å². The summed E-state index contributed by atoms with van der Waals surface area (Å²) in [5.74, 6) is 2.45. The molecule has 0 amide bonds. The predicted octanol–water partition coefficient (Wildman–Crippen LogP) is 2.15. The topological polar surface area (TPSA) is 29.5 Å². The van der Waals surface area contributed by atoms with Gasteiger partial charge in [-0.25, -0.2) is 0 Å². The van der Waals surface area contributed by atoms with Gasteiger partial charge in [0.15, 0.2) is 0 Å². The fourth-order valence-electron chi connectivity index (χ4n) is 1.48. The van der Waals surface area contributed by atoms with Gasteiger partial charge >= 0.3 is 0 Å². The van der Waals surface area contributed by atoms with Crippen molar-refractivity contribution in [2.45, 2.75) is 25.6 Å². The normalized spacial score (nSPS) is 14.2. The number of benzene rings is 1. The Balaban J connectivity index is 2.79. The zero-order valence-electron chi connectivity index (χ0n) is 8.89. The van der Waals surface area contributed by atoms with Gasteiger partial charge in [0.2, 0.25) is 0 Å². The van der Waals surface area contributed by atoms with Crippen molar-refractivity contribution >= 4 is 0 Å². The summed E-state index contributed by atoms with van der Waals surface area (Å²) in [5, 5.41) is 9.83. The van der Waals surface area contributed by atoms with Crippen molar-refractivity contribution in [3.05, 3.63) is 35.9 Å². The Morgan fingerprint density at radius 3 is 2.60 bits per heavy atom. The minimum absolute atomic E-state index is 0.305. The quantitative estimate of drug-likeness (QED) is 0.745. The molecular weight excluding hydrogens is 188 g/mol. The number of terminal acetylenes is 1. The Hall–Kier alpha value is -1.30. The zero-order chi connectivity index (χ0) is 11.1. The van der Waals surface area contributed by atoms with Crippen molar-refractivity contribution in [2.24, 2.45) is 0 Å². The first-order valence-electron chi connectivity index (χ1n) is 5.07. The second-order valence-electron chi connectivity index (χ2n) is 3.26. The van der Waals surface area contributed by atoms with E-state index in [4.69, 9.17) is 11.2 Å². The zero-order valence-corrected chi connectivity index (χ0v) is 8.89. The number of hydrogen-bond donors (Lipinski definition) is 1. The van der Waals surface area contributed by atoms with Gasteiger partial charge < -0.3 is 9.84 Å². The van der Waals surface area contributed by atoms with Crippen LogP contribution in [0.25, 0.3) is 0 Å². The molecule has 2 atom stereocenters. The molecule has 0 aliphatic heterocycles. The van der Waals surface area contributed by atoms with Crippen molar-refractivity contribution < 1.29 is 9.84 Å². The third-order valence-corrected chi connectivity index (χ3v) is 2.15. The Bertz CT molecular complexity index is 313. The first-order valence-corrected chi connectivity index (χ1v) is 5.07. The maximum atomic E-state index is 9.83. The van der Waals surface area contributed by atoms with E-state index in [0.717, 1.165) is 5.56 Å². The summed E-state index contributed by atoms with van der Waals surface area (Å²) in [6.45, 7) is 2.46. The van der Waals surface area contributed by atoms with E-state index in [0.29, 0.717) is 13.0 Å². The van der Waals surface area contributed by atoms with Crippen LogP contribution in [-0.4, -0.2) is 17.8 Å². The van der Waals surface area contributed by atoms with Crippen LogP contribution >= 0.6 is 0 Å². The Morgan fingerprint density at radius 2 is 2.07 bits per heavy atom. The van der Waals surface area contributed by atoms with Gasteiger partial charge in [0.25, 0.3) is 0 Å². The van der Waals surface area contributed by atoms with E-state index in [9.17, 15) is 5.11 Å². The van der Waals surface area contributed by atoms with Gasteiger partial charge in [0, 0.05) is 13.0 Å². The summed E-state index contributed by atoms with van der Waals surface area (Å²) in [5.41, 5.74) is 0.960. The van der Waals surface area contributed by atoms with E-state index < -0.39 is 6.10 Å². The van der Waals surface area contributed by atoms with Gasteiger partial charge in [-0.05, 0) is 12.5 Å². The maximum Gasteiger partial charge on any atom is 0.109 e.